The summed E-state index contributed by atoms with van der Waals surface area (Å²) >= 11 is 5.63. The van der Waals surface area contributed by atoms with E-state index in [-0.39, 0.29) is 16.3 Å². The summed E-state index contributed by atoms with van der Waals surface area (Å²) in [5.41, 5.74) is 5.69. The number of phenols is 1. The molecule has 0 aliphatic carbocycles. The first-order valence-corrected chi connectivity index (χ1v) is 4.49. The molecule has 0 spiro atoms. The second-order valence-electron chi connectivity index (χ2n) is 2.92. The predicted molar refractivity (Wildman–Crippen MR) is 54.8 cm³/mol. The molecule has 3 N–H and O–H groups in total. The maximum atomic E-state index is 13.3. The Bertz CT molecular complexity index is 354. The molecule has 0 saturated carbocycles. The Balaban J connectivity index is 3.17. The van der Waals surface area contributed by atoms with E-state index in [1.165, 1.54) is 12.1 Å². The molecule has 0 saturated heterocycles. The van der Waals surface area contributed by atoms with E-state index >= 15 is 0 Å². The Hall–Kier alpha value is -1.06. The smallest absolute Gasteiger partial charge is 0.141 e. The number of halogens is 2. The number of rotatable bonds is 3. The molecule has 0 bridgehead atoms. The molecule has 1 aromatic carbocycles. The van der Waals surface area contributed by atoms with E-state index in [9.17, 15) is 9.50 Å². The van der Waals surface area contributed by atoms with Crippen molar-refractivity contribution >= 4 is 11.6 Å². The van der Waals surface area contributed by atoms with Crippen molar-refractivity contribution in [1.29, 1.82) is 0 Å². The van der Waals surface area contributed by atoms with Gasteiger partial charge in [-0.2, -0.15) is 0 Å². The zero-order chi connectivity index (χ0) is 10.7. The first kappa shape index (κ1) is 11.0. The summed E-state index contributed by atoms with van der Waals surface area (Å²) in [6.07, 6.45) is 1.94. The monoisotopic (exact) mass is 215 g/mol. The Morgan fingerprint density at radius 2 is 2.29 bits per heavy atom. The van der Waals surface area contributed by atoms with E-state index in [4.69, 9.17) is 17.3 Å². The third kappa shape index (κ3) is 2.05. The van der Waals surface area contributed by atoms with Gasteiger partial charge in [0.15, 0.2) is 0 Å². The summed E-state index contributed by atoms with van der Waals surface area (Å²) in [6, 6.07) is 1.85. The van der Waals surface area contributed by atoms with E-state index in [0.717, 1.165) is 0 Å². The van der Waals surface area contributed by atoms with Gasteiger partial charge in [0.05, 0.1) is 5.02 Å². The molecule has 76 valence electrons. The van der Waals surface area contributed by atoms with E-state index < -0.39 is 11.9 Å². The van der Waals surface area contributed by atoms with Crippen molar-refractivity contribution in [2.24, 2.45) is 5.73 Å². The van der Waals surface area contributed by atoms with Crippen LogP contribution in [0, 0.1) is 5.82 Å². The van der Waals surface area contributed by atoms with Gasteiger partial charge in [0.25, 0.3) is 0 Å². The lowest BCUT2D eigenvalue weighted by atomic mass is 10.0. The van der Waals surface area contributed by atoms with Crippen molar-refractivity contribution in [3.05, 3.63) is 41.2 Å². The normalized spacial score (nSPS) is 12.5. The first-order valence-electron chi connectivity index (χ1n) is 4.11. The molecule has 0 aromatic heterocycles. The fourth-order valence-electron chi connectivity index (χ4n) is 1.21. The largest absolute Gasteiger partial charge is 0.506 e. The van der Waals surface area contributed by atoms with Crippen LogP contribution in [-0.4, -0.2) is 5.11 Å². The third-order valence-corrected chi connectivity index (χ3v) is 2.21. The Labute approximate surface area is 86.8 Å². The Kier molecular flexibility index (Phi) is 3.49. The minimum Gasteiger partial charge on any atom is -0.506 e. The van der Waals surface area contributed by atoms with Crippen molar-refractivity contribution in [2.75, 3.05) is 0 Å². The lowest BCUT2D eigenvalue weighted by Crippen LogP contribution is -2.11. The van der Waals surface area contributed by atoms with E-state index in [0.29, 0.717) is 6.42 Å². The molecule has 4 heteroatoms. The van der Waals surface area contributed by atoms with E-state index in [1.807, 2.05) is 0 Å². The van der Waals surface area contributed by atoms with Crippen LogP contribution in [0.4, 0.5) is 4.39 Å². The van der Waals surface area contributed by atoms with Crippen molar-refractivity contribution in [3.63, 3.8) is 0 Å². The van der Waals surface area contributed by atoms with Gasteiger partial charge in [0, 0.05) is 11.6 Å². The van der Waals surface area contributed by atoms with Gasteiger partial charge in [-0.1, -0.05) is 17.7 Å². The molecule has 0 aliphatic rings. The van der Waals surface area contributed by atoms with Crippen LogP contribution in [0.1, 0.15) is 18.0 Å². The quantitative estimate of drug-likeness (QED) is 0.762. The molecule has 0 heterocycles. The second-order valence-corrected chi connectivity index (χ2v) is 3.33. The third-order valence-electron chi connectivity index (χ3n) is 1.91. The maximum absolute atomic E-state index is 13.3. The summed E-state index contributed by atoms with van der Waals surface area (Å²) in [4.78, 5) is 0. The standard InChI is InChI=1S/C10H11ClFNO/c1-2-3-8(13)9-7(12)5-4-6(11)10(9)14/h2,4-5,8,14H,1,3,13H2/t8-/m1/s1. The summed E-state index contributed by atoms with van der Waals surface area (Å²) in [6.45, 7) is 3.49. The highest BCUT2D eigenvalue weighted by atomic mass is 35.5. The number of benzene rings is 1. The first-order chi connectivity index (χ1) is 6.57. The van der Waals surface area contributed by atoms with Gasteiger partial charge in [0.2, 0.25) is 0 Å². The zero-order valence-corrected chi connectivity index (χ0v) is 8.26. The molecule has 1 atom stereocenters. The molecule has 14 heavy (non-hydrogen) atoms. The fourth-order valence-corrected chi connectivity index (χ4v) is 1.37. The van der Waals surface area contributed by atoms with Gasteiger partial charge >= 0.3 is 0 Å². The lowest BCUT2D eigenvalue weighted by molar-refractivity contribution is 0.449. The molecule has 0 aliphatic heterocycles. The van der Waals surface area contributed by atoms with Gasteiger partial charge in [-0.15, -0.1) is 6.58 Å². The van der Waals surface area contributed by atoms with Crippen LogP contribution in [0.3, 0.4) is 0 Å². The summed E-state index contributed by atoms with van der Waals surface area (Å²) < 4.78 is 13.3. The van der Waals surface area contributed by atoms with Crippen molar-refractivity contribution in [3.8, 4) is 5.75 Å². The predicted octanol–water partition coefficient (Wildman–Crippen LogP) is 2.76. The number of hydrogen-bond acceptors (Lipinski definition) is 2. The van der Waals surface area contributed by atoms with Gasteiger partial charge in [-0.3, -0.25) is 0 Å². The van der Waals surface area contributed by atoms with E-state index in [1.54, 1.807) is 6.08 Å². The summed E-state index contributed by atoms with van der Waals surface area (Å²) in [5.74, 6) is -0.845. The number of nitrogens with two attached hydrogens (primary N) is 1. The average molecular weight is 216 g/mol. The van der Waals surface area contributed by atoms with Crippen molar-refractivity contribution in [2.45, 2.75) is 12.5 Å². The zero-order valence-electron chi connectivity index (χ0n) is 7.50. The molecular formula is C10H11ClFNO. The van der Waals surface area contributed by atoms with Gasteiger partial charge < -0.3 is 10.8 Å². The fraction of sp³-hybridized carbons (Fsp3) is 0.200. The second kappa shape index (κ2) is 4.44. The highest BCUT2D eigenvalue weighted by Gasteiger charge is 2.17. The minimum absolute atomic E-state index is 0.0393. The van der Waals surface area contributed by atoms with Crippen molar-refractivity contribution in [1.82, 2.24) is 0 Å². The molecule has 0 radical (unpaired) electrons. The molecular weight excluding hydrogens is 205 g/mol. The Morgan fingerprint density at radius 3 is 2.86 bits per heavy atom. The van der Waals surface area contributed by atoms with Gasteiger partial charge in [0.1, 0.15) is 11.6 Å². The molecule has 1 rings (SSSR count). The topological polar surface area (TPSA) is 46.2 Å². The van der Waals surface area contributed by atoms with Crippen LogP contribution in [0.25, 0.3) is 0 Å². The van der Waals surface area contributed by atoms with Crippen LogP contribution < -0.4 is 5.73 Å². The summed E-state index contributed by atoms with van der Waals surface area (Å²) in [5, 5.41) is 9.59. The SMILES string of the molecule is C=CC[C@@H](N)c1c(F)ccc(Cl)c1O. The maximum Gasteiger partial charge on any atom is 0.141 e. The molecule has 0 fully saturated rings. The minimum atomic E-state index is -0.619. The van der Waals surface area contributed by atoms with Crippen molar-refractivity contribution < 1.29 is 9.50 Å². The number of phenolic OH excluding ortho intramolecular Hbond substituents is 1. The van der Waals surface area contributed by atoms with Crippen LogP contribution in [0.2, 0.25) is 5.02 Å². The summed E-state index contributed by atoms with van der Waals surface area (Å²) in [7, 11) is 0. The highest BCUT2D eigenvalue weighted by molar-refractivity contribution is 6.32. The molecule has 0 unspecified atom stereocenters. The van der Waals surface area contributed by atoms with Crippen LogP contribution in [0.15, 0.2) is 24.8 Å². The molecule has 0 amide bonds. The van der Waals surface area contributed by atoms with E-state index in [2.05, 4.69) is 6.58 Å². The lowest BCUT2D eigenvalue weighted by Gasteiger charge is -2.13. The van der Waals surface area contributed by atoms with Crippen LogP contribution in [0.5, 0.6) is 5.75 Å². The highest BCUT2D eigenvalue weighted by Crippen LogP contribution is 2.33. The average Bonchev–Trinajstić information content (AvgIpc) is 2.13. The van der Waals surface area contributed by atoms with Gasteiger partial charge in [-0.25, -0.2) is 4.39 Å². The number of hydrogen-bond donors (Lipinski definition) is 2. The molecule has 1 aromatic rings. The molecule has 2 nitrogen and oxygen atoms in total. The Morgan fingerprint density at radius 1 is 1.64 bits per heavy atom. The van der Waals surface area contributed by atoms with Crippen LogP contribution >= 0.6 is 11.6 Å². The van der Waals surface area contributed by atoms with Gasteiger partial charge in [-0.05, 0) is 18.6 Å². The van der Waals surface area contributed by atoms with Crippen LogP contribution in [-0.2, 0) is 0 Å². The number of aromatic hydroxyl groups is 1.